The molecule has 0 atom stereocenters. The molecule has 0 aliphatic rings. The van der Waals surface area contributed by atoms with Crippen LogP contribution in [0.2, 0.25) is 0 Å². The van der Waals surface area contributed by atoms with E-state index in [4.69, 9.17) is 29.7 Å². The second-order valence-corrected chi connectivity index (χ2v) is 8.38. The zero-order valence-corrected chi connectivity index (χ0v) is 24.2. The quantitative estimate of drug-likeness (QED) is 0.328. The molecule has 0 fully saturated rings. The van der Waals surface area contributed by atoms with Crippen molar-refractivity contribution in [2.75, 3.05) is 0 Å². The second-order valence-electron chi connectivity index (χ2n) is 8.38. The summed E-state index contributed by atoms with van der Waals surface area (Å²) in [7, 11) is 0. The van der Waals surface area contributed by atoms with Crippen LogP contribution in [0.25, 0.3) is 33.6 Å². The van der Waals surface area contributed by atoms with Gasteiger partial charge in [-0.15, -0.1) is 0 Å². The average Bonchev–Trinajstić information content (AvgIpc) is 2.86. The molecule has 2 heterocycles. The molecule has 0 unspecified atom stereocenters. The van der Waals surface area contributed by atoms with Crippen LogP contribution in [0.3, 0.4) is 0 Å². The maximum Gasteiger partial charge on any atom is 3.00 e. The Kier molecular flexibility index (Phi) is 15.7. The standard InChI is InChI=1S/C24H20N2O2.3C2H4O2.Mn/c1-15-3-9-23(27)19(11-15)17-5-7-21(25-13-17)22-8-6-18(14-26-22)20-12-16(2)4-10-24(20)28;3*1-2(3)4;/h3-14,27-28H,1-2H3;3*1H3,(H,3,4);/q;;;;+3/p-3. The molecule has 4 aromatic rings. The van der Waals surface area contributed by atoms with Gasteiger partial charge in [0.05, 0.1) is 11.4 Å². The summed E-state index contributed by atoms with van der Waals surface area (Å²) in [6, 6.07) is 18.7. The Balaban J connectivity index is 0.00000105. The van der Waals surface area contributed by atoms with Crippen LogP contribution in [0.1, 0.15) is 31.9 Å². The van der Waals surface area contributed by atoms with E-state index in [-0.39, 0.29) is 28.6 Å². The maximum atomic E-state index is 10.1. The SMILES string of the molecule is CC(=O)[O-].CC(=O)[O-].CC(=O)[O-].Cc1ccc(O)c(-c2ccc(-c3ccc(-c4cc(C)ccc4O)cn3)nc2)c1.[Mn+3]. The van der Waals surface area contributed by atoms with Crippen LogP contribution < -0.4 is 15.3 Å². The van der Waals surface area contributed by atoms with Gasteiger partial charge in [-0.2, -0.15) is 0 Å². The van der Waals surface area contributed by atoms with Gasteiger partial charge in [0.2, 0.25) is 0 Å². The molecular formula is C30H29MnN2O8. The van der Waals surface area contributed by atoms with Gasteiger partial charge >= 0.3 is 17.1 Å². The fraction of sp³-hybridized carbons (Fsp3) is 0.167. The molecule has 0 spiro atoms. The molecule has 41 heavy (non-hydrogen) atoms. The minimum atomic E-state index is -1.08. The Hall–Kier alpha value is -4.73. The van der Waals surface area contributed by atoms with E-state index in [1.165, 1.54) is 0 Å². The third kappa shape index (κ3) is 13.8. The Morgan fingerprint density at radius 1 is 0.585 bits per heavy atom. The zero-order valence-electron chi connectivity index (χ0n) is 23.0. The molecule has 0 aliphatic heterocycles. The molecule has 0 bridgehead atoms. The number of aryl methyl sites for hydroxylation is 2. The summed E-state index contributed by atoms with van der Waals surface area (Å²) >= 11 is 0. The van der Waals surface area contributed by atoms with E-state index < -0.39 is 17.9 Å². The molecule has 214 valence electrons. The number of phenolic OH excluding ortho intramolecular Hbond substituents is 2. The Morgan fingerprint density at radius 2 is 0.878 bits per heavy atom. The van der Waals surface area contributed by atoms with E-state index in [1.54, 1.807) is 24.5 Å². The van der Waals surface area contributed by atoms with Crippen LogP contribution in [0.15, 0.2) is 73.1 Å². The molecule has 2 aromatic carbocycles. The van der Waals surface area contributed by atoms with Crippen molar-refractivity contribution >= 4 is 17.9 Å². The van der Waals surface area contributed by atoms with Crippen molar-refractivity contribution in [2.24, 2.45) is 0 Å². The van der Waals surface area contributed by atoms with E-state index in [0.29, 0.717) is 0 Å². The van der Waals surface area contributed by atoms with Gasteiger partial charge in [0.15, 0.2) is 0 Å². The largest absolute Gasteiger partial charge is 3.00 e. The van der Waals surface area contributed by atoms with Gasteiger partial charge in [0.25, 0.3) is 0 Å². The number of carboxylic acids is 3. The van der Waals surface area contributed by atoms with Gasteiger partial charge in [0.1, 0.15) is 11.5 Å². The average molecular weight is 601 g/mol. The summed E-state index contributed by atoms with van der Waals surface area (Å²) in [5.74, 6) is -2.78. The van der Waals surface area contributed by atoms with Gasteiger partial charge in [0, 0.05) is 52.6 Å². The molecule has 2 N–H and O–H groups in total. The van der Waals surface area contributed by atoms with E-state index in [2.05, 4.69) is 9.97 Å². The van der Waals surface area contributed by atoms with E-state index in [1.807, 2.05) is 62.4 Å². The van der Waals surface area contributed by atoms with Gasteiger partial charge in [-0.05, 0) is 71.0 Å². The monoisotopic (exact) mass is 600 g/mol. The molecule has 0 aliphatic carbocycles. The Bertz CT molecular complexity index is 1310. The Morgan fingerprint density at radius 3 is 1.12 bits per heavy atom. The first-order valence-electron chi connectivity index (χ1n) is 11.8. The molecular weight excluding hydrogens is 571 g/mol. The summed E-state index contributed by atoms with van der Waals surface area (Å²) in [5.41, 5.74) is 6.88. The van der Waals surface area contributed by atoms with Crippen molar-refractivity contribution in [3.05, 3.63) is 84.2 Å². The smallest absolute Gasteiger partial charge is 0.550 e. The summed E-state index contributed by atoms with van der Waals surface area (Å²) < 4.78 is 0. The van der Waals surface area contributed by atoms with Gasteiger partial charge in [-0.25, -0.2) is 0 Å². The van der Waals surface area contributed by atoms with Crippen LogP contribution >= 0.6 is 0 Å². The van der Waals surface area contributed by atoms with Crippen molar-refractivity contribution < 1.29 is 57.0 Å². The Labute approximate surface area is 248 Å². The number of hydrogen-bond donors (Lipinski definition) is 2. The summed E-state index contributed by atoms with van der Waals surface area (Å²) in [5, 5.41) is 46.9. The first kappa shape index (κ1) is 36.3. The summed E-state index contributed by atoms with van der Waals surface area (Å²) in [4.78, 5) is 35.7. The predicted octanol–water partition coefficient (Wildman–Crippen LogP) is 1.77. The number of benzene rings is 2. The molecule has 0 saturated carbocycles. The molecule has 10 nitrogen and oxygen atoms in total. The predicted molar refractivity (Wildman–Crippen MR) is 143 cm³/mol. The fourth-order valence-corrected chi connectivity index (χ4v) is 3.17. The first-order chi connectivity index (χ1) is 18.7. The number of hydrogen-bond acceptors (Lipinski definition) is 10. The van der Waals surface area contributed by atoms with E-state index >= 15 is 0 Å². The normalized spacial score (nSPS) is 9.20. The van der Waals surface area contributed by atoms with Crippen LogP contribution in [-0.2, 0) is 31.5 Å². The van der Waals surface area contributed by atoms with Gasteiger partial charge in [-0.3, -0.25) is 9.97 Å². The zero-order chi connectivity index (χ0) is 30.4. The minimum Gasteiger partial charge on any atom is -0.550 e. The molecule has 0 radical (unpaired) electrons. The number of aromatic nitrogens is 2. The topological polar surface area (TPSA) is 187 Å². The van der Waals surface area contributed by atoms with E-state index in [9.17, 15) is 10.2 Å². The van der Waals surface area contributed by atoms with Crippen molar-refractivity contribution in [3.63, 3.8) is 0 Å². The number of carbonyl (C=O) groups excluding carboxylic acids is 3. The van der Waals surface area contributed by atoms with E-state index in [0.717, 1.165) is 65.5 Å². The summed E-state index contributed by atoms with van der Waals surface area (Å²) in [6.45, 7) is 6.89. The second kappa shape index (κ2) is 17.8. The number of rotatable bonds is 3. The van der Waals surface area contributed by atoms with Crippen molar-refractivity contribution in [2.45, 2.75) is 34.6 Å². The van der Waals surface area contributed by atoms with Crippen LogP contribution in [0.5, 0.6) is 11.5 Å². The number of phenols is 2. The number of pyridine rings is 2. The number of aliphatic carboxylic acids is 3. The third-order valence-electron chi connectivity index (χ3n) is 4.72. The number of carboxylic acid groups (broad SMARTS) is 3. The van der Waals surface area contributed by atoms with Crippen molar-refractivity contribution in [1.82, 2.24) is 9.97 Å². The molecule has 2 aromatic heterocycles. The van der Waals surface area contributed by atoms with Crippen LogP contribution in [0.4, 0.5) is 0 Å². The van der Waals surface area contributed by atoms with Crippen molar-refractivity contribution in [1.29, 1.82) is 0 Å². The molecule has 0 amide bonds. The van der Waals surface area contributed by atoms with Crippen LogP contribution in [0, 0.1) is 13.8 Å². The van der Waals surface area contributed by atoms with Crippen LogP contribution in [-0.4, -0.2) is 38.1 Å². The first-order valence-corrected chi connectivity index (χ1v) is 11.8. The van der Waals surface area contributed by atoms with Gasteiger partial charge in [-0.1, -0.05) is 35.4 Å². The third-order valence-corrected chi connectivity index (χ3v) is 4.72. The molecule has 4 rings (SSSR count). The summed E-state index contributed by atoms with van der Waals surface area (Å²) in [6.07, 6.45) is 3.48. The van der Waals surface area contributed by atoms with Gasteiger partial charge < -0.3 is 39.9 Å². The maximum absolute atomic E-state index is 10.1. The number of nitrogens with zero attached hydrogens (tertiary/aromatic N) is 2. The van der Waals surface area contributed by atoms with Crippen molar-refractivity contribution in [3.8, 4) is 45.1 Å². The minimum absolute atomic E-state index is 0. The molecule has 11 heteroatoms. The number of carbonyl (C=O) groups is 3. The fourth-order valence-electron chi connectivity index (χ4n) is 3.17. The molecule has 0 saturated heterocycles. The number of aromatic hydroxyl groups is 2.